The summed E-state index contributed by atoms with van der Waals surface area (Å²) >= 11 is 0. The standard InChI is InChI=1S/C17H24O2/c1-13-8-9-15(17(2)12-19-17)16(10-13)18-11-14-6-4-3-5-7-14/h3-7,13,15-16H,8-12H2,1-2H3/t13-,15-,16-,17+/m1/s1. The van der Waals surface area contributed by atoms with E-state index in [1.165, 1.54) is 24.8 Å². The minimum Gasteiger partial charge on any atom is -0.373 e. The molecule has 3 rings (SSSR count). The Morgan fingerprint density at radius 3 is 2.68 bits per heavy atom. The van der Waals surface area contributed by atoms with E-state index < -0.39 is 0 Å². The number of ether oxygens (including phenoxy) is 2. The van der Waals surface area contributed by atoms with Crippen molar-refractivity contribution in [3.8, 4) is 0 Å². The second-order valence-electron chi connectivity index (χ2n) is 6.46. The molecule has 0 N–H and O–H groups in total. The van der Waals surface area contributed by atoms with Gasteiger partial charge in [0.15, 0.2) is 0 Å². The summed E-state index contributed by atoms with van der Waals surface area (Å²) in [6.07, 6.45) is 4.10. The Hall–Kier alpha value is -0.860. The highest BCUT2D eigenvalue weighted by atomic mass is 16.6. The molecule has 1 saturated heterocycles. The quantitative estimate of drug-likeness (QED) is 0.768. The van der Waals surface area contributed by atoms with E-state index in [0.29, 0.717) is 12.0 Å². The Kier molecular flexibility index (Phi) is 3.64. The molecular formula is C17H24O2. The van der Waals surface area contributed by atoms with Crippen LogP contribution in [0.3, 0.4) is 0 Å². The lowest BCUT2D eigenvalue weighted by Gasteiger charge is -2.37. The highest BCUT2D eigenvalue weighted by Crippen LogP contribution is 2.45. The molecule has 0 unspecified atom stereocenters. The van der Waals surface area contributed by atoms with Gasteiger partial charge in [0.1, 0.15) is 0 Å². The monoisotopic (exact) mass is 260 g/mol. The van der Waals surface area contributed by atoms with Crippen molar-refractivity contribution < 1.29 is 9.47 Å². The van der Waals surface area contributed by atoms with E-state index in [9.17, 15) is 0 Å². The summed E-state index contributed by atoms with van der Waals surface area (Å²) < 4.78 is 11.9. The Morgan fingerprint density at radius 2 is 2.00 bits per heavy atom. The van der Waals surface area contributed by atoms with Crippen LogP contribution >= 0.6 is 0 Å². The summed E-state index contributed by atoms with van der Waals surface area (Å²) in [7, 11) is 0. The Morgan fingerprint density at radius 1 is 1.26 bits per heavy atom. The molecule has 1 heterocycles. The van der Waals surface area contributed by atoms with E-state index in [1.807, 2.05) is 6.07 Å². The van der Waals surface area contributed by atoms with E-state index in [4.69, 9.17) is 9.47 Å². The molecule has 2 heteroatoms. The smallest absolute Gasteiger partial charge is 0.0941 e. The molecule has 19 heavy (non-hydrogen) atoms. The lowest BCUT2D eigenvalue weighted by molar-refractivity contribution is -0.0556. The topological polar surface area (TPSA) is 21.8 Å². The second-order valence-corrected chi connectivity index (χ2v) is 6.46. The summed E-state index contributed by atoms with van der Waals surface area (Å²) in [5.41, 5.74) is 1.36. The van der Waals surface area contributed by atoms with Crippen molar-refractivity contribution in [3.63, 3.8) is 0 Å². The van der Waals surface area contributed by atoms with Crippen LogP contribution in [0, 0.1) is 11.8 Å². The largest absolute Gasteiger partial charge is 0.373 e. The first-order valence-corrected chi connectivity index (χ1v) is 7.47. The van der Waals surface area contributed by atoms with Crippen molar-refractivity contribution in [1.82, 2.24) is 0 Å². The molecule has 4 atom stereocenters. The fourth-order valence-electron chi connectivity index (χ4n) is 3.32. The molecule has 1 aliphatic heterocycles. The first-order valence-electron chi connectivity index (χ1n) is 7.47. The van der Waals surface area contributed by atoms with Gasteiger partial charge in [-0.25, -0.2) is 0 Å². The lowest BCUT2D eigenvalue weighted by Crippen LogP contribution is -2.39. The van der Waals surface area contributed by atoms with Gasteiger partial charge in [0.05, 0.1) is 24.9 Å². The first kappa shape index (κ1) is 13.1. The lowest BCUT2D eigenvalue weighted by atomic mass is 9.75. The maximum Gasteiger partial charge on any atom is 0.0941 e. The van der Waals surface area contributed by atoms with Crippen molar-refractivity contribution in [2.75, 3.05) is 6.61 Å². The van der Waals surface area contributed by atoms with Gasteiger partial charge in [-0.1, -0.05) is 43.7 Å². The summed E-state index contributed by atoms with van der Waals surface area (Å²) in [5.74, 6) is 1.35. The first-order chi connectivity index (χ1) is 9.17. The minimum absolute atomic E-state index is 0.0987. The summed E-state index contributed by atoms with van der Waals surface area (Å²) in [6, 6.07) is 10.5. The van der Waals surface area contributed by atoms with Crippen LogP contribution in [0.15, 0.2) is 30.3 Å². The molecule has 0 amide bonds. The maximum atomic E-state index is 6.24. The average Bonchev–Trinajstić information content (AvgIpc) is 3.16. The van der Waals surface area contributed by atoms with Crippen LogP contribution in [0.1, 0.15) is 38.7 Å². The fourth-order valence-corrected chi connectivity index (χ4v) is 3.32. The zero-order valence-corrected chi connectivity index (χ0v) is 12.0. The maximum absolute atomic E-state index is 6.24. The van der Waals surface area contributed by atoms with Crippen molar-refractivity contribution >= 4 is 0 Å². The van der Waals surface area contributed by atoms with Gasteiger partial charge in [-0.3, -0.25) is 0 Å². The van der Waals surface area contributed by atoms with Gasteiger partial charge in [0.2, 0.25) is 0 Å². The van der Waals surface area contributed by atoms with Gasteiger partial charge in [-0.05, 0) is 31.2 Å². The summed E-state index contributed by atoms with van der Waals surface area (Å²) in [4.78, 5) is 0. The molecule has 2 fully saturated rings. The second kappa shape index (κ2) is 5.26. The molecule has 0 aromatic heterocycles. The highest BCUT2D eigenvalue weighted by molar-refractivity contribution is 5.13. The number of hydrogen-bond acceptors (Lipinski definition) is 2. The van der Waals surface area contributed by atoms with Crippen LogP contribution in [0.25, 0.3) is 0 Å². The zero-order valence-electron chi connectivity index (χ0n) is 12.0. The molecule has 1 aromatic carbocycles. The van der Waals surface area contributed by atoms with E-state index >= 15 is 0 Å². The third-order valence-corrected chi connectivity index (χ3v) is 4.74. The Bertz CT molecular complexity index is 411. The minimum atomic E-state index is 0.0987. The molecule has 0 spiro atoms. The summed E-state index contributed by atoms with van der Waals surface area (Å²) in [5, 5.41) is 0. The third-order valence-electron chi connectivity index (χ3n) is 4.74. The Balaban J connectivity index is 1.63. The molecule has 2 nitrogen and oxygen atoms in total. The van der Waals surface area contributed by atoms with E-state index in [-0.39, 0.29) is 5.60 Å². The zero-order chi connectivity index (χ0) is 13.3. The molecule has 104 valence electrons. The average molecular weight is 260 g/mol. The molecule has 2 aliphatic rings. The molecular weight excluding hydrogens is 236 g/mol. The molecule has 0 radical (unpaired) electrons. The molecule has 0 bridgehead atoms. The number of benzene rings is 1. The van der Waals surface area contributed by atoms with Crippen LogP contribution in [0.2, 0.25) is 0 Å². The van der Waals surface area contributed by atoms with Gasteiger partial charge in [-0.15, -0.1) is 0 Å². The molecule has 1 aromatic rings. The fraction of sp³-hybridized carbons (Fsp3) is 0.647. The Labute approximate surface area is 116 Å². The normalized spacial score (nSPS) is 38.1. The summed E-state index contributed by atoms with van der Waals surface area (Å²) in [6.45, 7) is 6.22. The van der Waals surface area contributed by atoms with Crippen LogP contribution in [0.4, 0.5) is 0 Å². The molecule has 1 aliphatic carbocycles. The SMILES string of the molecule is C[C@@H]1CC[C@@H]([C@]2(C)CO2)[C@H](OCc2ccccc2)C1. The van der Waals surface area contributed by atoms with Crippen LogP contribution in [0.5, 0.6) is 0 Å². The number of hydrogen-bond donors (Lipinski definition) is 0. The van der Waals surface area contributed by atoms with Crippen molar-refractivity contribution in [2.24, 2.45) is 11.8 Å². The van der Waals surface area contributed by atoms with E-state index in [1.54, 1.807) is 0 Å². The van der Waals surface area contributed by atoms with Gasteiger partial charge in [0.25, 0.3) is 0 Å². The molecule has 1 saturated carbocycles. The highest BCUT2D eigenvalue weighted by Gasteiger charge is 2.51. The van der Waals surface area contributed by atoms with Crippen molar-refractivity contribution in [3.05, 3.63) is 35.9 Å². The van der Waals surface area contributed by atoms with Crippen LogP contribution in [-0.2, 0) is 16.1 Å². The van der Waals surface area contributed by atoms with Gasteiger partial charge in [-0.2, -0.15) is 0 Å². The van der Waals surface area contributed by atoms with Gasteiger partial charge < -0.3 is 9.47 Å². The third kappa shape index (κ3) is 3.01. The predicted molar refractivity (Wildman–Crippen MR) is 75.9 cm³/mol. The van der Waals surface area contributed by atoms with E-state index in [0.717, 1.165) is 19.1 Å². The van der Waals surface area contributed by atoms with Crippen molar-refractivity contribution in [1.29, 1.82) is 0 Å². The van der Waals surface area contributed by atoms with Gasteiger partial charge in [0, 0.05) is 5.92 Å². The van der Waals surface area contributed by atoms with E-state index in [2.05, 4.69) is 38.1 Å². The predicted octanol–water partition coefficient (Wildman–Crippen LogP) is 3.80. The number of rotatable bonds is 4. The van der Waals surface area contributed by atoms with Crippen LogP contribution < -0.4 is 0 Å². The van der Waals surface area contributed by atoms with Crippen molar-refractivity contribution in [2.45, 2.75) is 51.4 Å². The number of epoxide rings is 1. The van der Waals surface area contributed by atoms with Crippen LogP contribution in [-0.4, -0.2) is 18.3 Å². The van der Waals surface area contributed by atoms with Gasteiger partial charge >= 0.3 is 0 Å².